The SMILES string of the molecule is CC1(C)CCC(NC(=O)c2cncs2)C1. The maximum absolute atomic E-state index is 11.7. The van der Waals surface area contributed by atoms with Crippen LogP contribution >= 0.6 is 11.3 Å². The lowest BCUT2D eigenvalue weighted by Gasteiger charge is -2.17. The van der Waals surface area contributed by atoms with Crippen molar-refractivity contribution < 1.29 is 4.79 Å². The second-order valence-corrected chi connectivity index (χ2v) is 5.83. The van der Waals surface area contributed by atoms with Crippen molar-refractivity contribution in [1.29, 1.82) is 0 Å². The number of thiazole rings is 1. The minimum absolute atomic E-state index is 0.0280. The van der Waals surface area contributed by atoms with Crippen molar-refractivity contribution >= 4 is 17.2 Å². The summed E-state index contributed by atoms with van der Waals surface area (Å²) in [5.41, 5.74) is 2.07. The Morgan fingerprint density at radius 2 is 2.47 bits per heavy atom. The zero-order valence-corrected chi connectivity index (χ0v) is 9.93. The molecule has 15 heavy (non-hydrogen) atoms. The number of carbonyl (C=O) groups excluding carboxylic acids is 1. The number of hydrogen-bond donors (Lipinski definition) is 1. The van der Waals surface area contributed by atoms with Gasteiger partial charge in [-0.2, -0.15) is 0 Å². The molecular weight excluding hydrogens is 208 g/mol. The second-order valence-electron chi connectivity index (χ2n) is 4.94. The zero-order valence-electron chi connectivity index (χ0n) is 9.12. The summed E-state index contributed by atoms with van der Waals surface area (Å²) in [4.78, 5) is 16.3. The Morgan fingerprint density at radius 1 is 1.67 bits per heavy atom. The number of carbonyl (C=O) groups is 1. The molecule has 4 heteroatoms. The lowest BCUT2D eigenvalue weighted by molar-refractivity contribution is 0.0940. The molecule has 1 amide bonds. The number of nitrogens with zero attached hydrogens (tertiary/aromatic N) is 1. The standard InChI is InChI=1S/C11H16N2OS/c1-11(2)4-3-8(5-11)13-10(14)9-6-12-7-15-9/h6-8H,3-5H2,1-2H3,(H,13,14). The van der Waals surface area contributed by atoms with Crippen molar-refractivity contribution in [2.45, 2.75) is 39.2 Å². The van der Waals surface area contributed by atoms with Gasteiger partial charge in [-0.25, -0.2) is 0 Å². The first-order valence-electron chi connectivity index (χ1n) is 5.26. The van der Waals surface area contributed by atoms with Gasteiger partial charge in [-0.3, -0.25) is 9.78 Å². The van der Waals surface area contributed by atoms with Gasteiger partial charge in [0.2, 0.25) is 0 Å². The highest BCUT2D eigenvalue weighted by atomic mass is 32.1. The third-order valence-corrected chi connectivity index (χ3v) is 3.73. The van der Waals surface area contributed by atoms with Gasteiger partial charge in [-0.05, 0) is 24.7 Å². The molecule has 82 valence electrons. The second kappa shape index (κ2) is 3.93. The molecule has 1 aliphatic rings. The van der Waals surface area contributed by atoms with Crippen molar-refractivity contribution in [3.05, 3.63) is 16.6 Å². The van der Waals surface area contributed by atoms with Crippen LogP contribution in [0.4, 0.5) is 0 Å². The normalized spacial score (nSPS) is 24.0. The van der Waals surface area contributed by atoms with Crippen molar-refractivity contribution in [3.63, 3.8) is 0 Å². The van der Waals surface area contributed by atoms with Gasteiger partial charge in [0.05, 0.1) is 11.7 Å². The van der Waals surface area contributed by atoms with Crippen LogP contribution in [0.25, 0.3) is 0 Å². The molecule has 1 heterocycles. The first-order valence-corrected chi connectivity index (χ1v) is 6.14. The van der Waals surface area contributed by atoms with E-state index in [0.717, 1.165) is 12.8 Å². The van der Waals surface area contributed by atoms with Gasteiger partial charge in [0.1, 0.15) is 4.88 Å². The molecule has 1 unspecified atom stereocenters. The molecule has 1 fully saturated rings. The van der Waals surface area contributed by atoms with E-state index in [9.17, 15) is 4.79 Å². The van der Waals surface area contributed by atoms with Gasteiger partial charge in [0.25, 0.3) is 5.91 Å². The Balaban J connectivity index is 1.91. The Morgan fingerprint density at radius 3 is 3.00 bits per heavy atom. The molecule has 1 aliphatic carbocycles. The third-order valence-electron chi connectivity index (χ3n) is 2.96. The van der Waals surface area contributed by atoms with Gasteiger partial charge in [0, 0.05) is 6.04 Å². The van der Waals surface area contributed by atoms with Gasteiger partial charge < -0.3 is 5.32 Å². The molecule has 2 rings (SSSR count). The minimum Gasteiger partial charge on any atom is -0.349 e. The molecule has 0 spiro atoms. The van der Waals surface area contributed by atoms with E-state index in [4.69, 9.17) is 0 Å². The summed E-state index contributed by atoms with van der Waals surface area (Å²) in [6.45, 7) is 4.51. The lowest BCUT2D eigenvalue weighted by Crippen LogP contribution is -2.32. The van der Waals surface area contributed by atoms with E-state index in [1.807, 2.05) is 0 Å². The molecule has 0 radical (unpaired) electrons. The van der Waals surface area contributed by atoms with Crippen LogP contribution in [-0.2, 0) is 0 Å². The van der Waals surface area contributed by atoms with Crippen molar-refractivity contribution in [1.82, 2.24) is 10.3 Å². The van der Waals surface area contributed by atoms with Crippen molar-refractivity contribution in [2.24, 2.45) is 5.41 Å². The highest BCUT2D eigenvalue weighted by Gasteiger charge is 2.31. The minimum atomic E-state index is 0.0280. The predicted molar refractivity (Wildman–Crippen MR) is 61.0 cm³/mol. The van der Waals surface area contributed by atoms with Crippen LogP contribution in [0.15, 0.2) is 11.7 Å². The summed E-state index contributed by atoms with van der Waals surface area (Å²) in [5, 5.41) is 3.07. The molecule has 0 saturated heterocycles. The number of rotatable bonds is 2. The number of aromatic nitrogens is 1. The Kier molecular flexibility index (Phi) is 2.78. The number of nitrogens with one attached hydrogen (secondary N) is 1. The molecule has 1 saturated carbocycles. The molecule has 1 N–H and O–H groups in total. The van der Waals surface area contributed by atoms with E-state index in [-0.39, 0.29) is 5.91 Å². The van der Waals surface area contributed by atoms with E-state index < -0.39 is 0 Å². The van der Waals surface area contributed by atoms with Gasteiger partial charge in [-0.1, -0.05) is 13.8 Å². The third kappa shape index (κ3) is 2.56. The van der Waals surface area contributed by atoms with Gasteiger partial charge in [0.15, 0.2) is 0 Å². The van der Waals surface area contributed by atoms with Gasteiger partial charge in [-0.15, -0.1) is 11.3 Å². The lowest BCUT2D eigenvalue weighted by atomic mass is 9.92. The van der Waals surface area contributed by atoms with E-state index in [1.54, 1.807) is 11.7 Å². The Labute approximate surface area is 93.9 Å². The fraction of sp³-hybridized carbons (Fsp3) is 0.636. The maximum atomic E-state index is 11.7. The van der Waals surface area contributed by atoms with Crippen LogP contribution in [-0.4, -0.2) is 16.9 Å². The van der Waals surface area contributed by atoms with Gasteiger partial charge >= 0.3 is 0 Å². The maximum Gasteiger partial charge on any atom is 0.263 e. The average molecular weight is 224 g/mol. The van der Waals surface area contributed by atoms with Crippen LogP contribution in [0, 0.1) is 5.41 Å². The van der Waals surface area contributed by atoms with Crippen LogP contribution in [0.3, 0.4) is 0 Å². The summed E-state index contributed by atoms with van der Waals surface area (Å²) in [6.07, 6.45) is 5.00. The summed E-state index contributed by atoms with van der Waals surface area (Å²) < 4.78 is 0. The molecule has 1 aromatic heterocycles. The van der Waals surface area contributed by atoms with E-state index in [1.165, 1.54) is 17.8 Å². The molecular formula is C11H16N2OS. The number of amides is 1. The number of hydrogen-bond acceptors (Lipinski definition) is 3. The summed E-state index contributed by atoms with van der Waals surface area (Å²) >= 11 is 1.39. The van der Waals surface area contributed by atoms with Crippen LogP contribution in [0.1, 0.15) is 42.8 Å². The van der Waals surface area contributed by atoms with Crippen LogP contribution < -0.4 is 5.32 Å². The smallest absolute Gasteiger partial charge is 0.263 e. The van der Waals surface area contributed by atoms with E-state index in [2.05, 4.69) is 24.1 Å². The molecule has 0 aliphatic heterocycles. The van der Waals surface area contributed by atoms with E-state index in [0.29, 0.717) is 16.3 Å². The molecule has 1 atom stereocenters. The molecule has 0 bridgehead atoms. The van der Waals surface area contributed by atoms with E-state index >= 15 is 0 Å². The predicted octanol–water partition coefficient (Wildman–Crippen LogP) is 2.45. The average Bonchev–Trinajstić information content (AvgIpc) is 2.74. The fourth-order valence-corrected chi connectivity index (χ4v) is 2.67. The first-order chi connectivity index (χ1) is 7.07. The van der Waals surface area contributed by atoms with Crippen LogP contribution in [0.2, 0.25) is 0 Å². The zero-order chi connectivity index (χ0) is 10.9. The summed E-state index contributed by atoms with van der Waals surface area (Å²) in [5.74, 6) is 0.0280. The monoisotopic (exact) mass is 224 g/mol. The highest BCUT2D eigenvalue weighted by Crippen LogP contribution is 2.36. The molecule has 0 aromatic carbocycles. The fourth-order valence-electron chi connectivity index (χ4n) is 2.14. The molecule has 1 aromatic rings. The van der Waals surface area contributed by atoms with Crippen molar-refractivity contribution in [2.75, 3.05) is 0 Å². The topological polar surface area (TPSA) is 42.0 Å². The highest BCUT2D eigenvalue weighted by molar-refractivity contribution is 7.11. The summed E-state index contributed by atoms with van der Waals surface area (Å²) in [6, 6.07) is 0.342. The Bertz CT molecular complexity index is 345. The molecule has 3 nitrogen and oxygen atoms in total. The first kappa shape index (κ1) is 10.6. The Hall–Kier alpha value is -0.900. The van der Waals surface area contributed by atoms with Crippen molar-refractivity contribution in [3.8, 4) is 0 Å². The quantitative estimate of drug-likeness (QED) is 0.838. The summed E-state index contributed by atoms with van der Waals surface area (Å²) in [7, 11) is 0. The van der Waals surface area contributed by atoms with Crippen LogP contribution in [0.5, 0.6) is 0 Å². The largest absolute Gasteiger partial charge is 0.349 e.